The Morgan fingerprint density at radius 2 is 1.75 bits per heavy atom. The molecule has 1 aromatic rings. The van der Waals surface area contributed by atoms with Crippen molar-refractivity contribution >= 4 is 0 Å². The van der Waals surface area contributed by atoms with Gasteiger partial charge in [-0.2, -0.15) is 13.2 Å². The highest BCUT2D eigenvalue weighted by atomic mass is 19.4. The van der Waals surface area contributed by atoms with Crippen molar-refractivity contribution in [3.05, 3.63) is 35.4 Å². The van der Waals surface area contributed by atoms with Gasteiger partial charge < -0.3 is 5.11 Å². The molecular weight excluding hydrogens is 217 g/mol. The van der Waals surface area contributed by atoms with Gasteiger partial charge in [-0.05, 0) is 36.5 Å². The number of aliphatic hydroxyl groups is 1. The molecule has 0 aromatic heterocycles. The van der Waals surface area contributed by atoms with Crippen molar-refractivity contribution in [3.8, 4) is 0 Å². The second kappa shape index (κ2) is 5.34. The van der Waals surface area contributed by atoms with Crippen LogP contribution < -0.4 is 0 Å². The number of hydrogen-bond donors (Lipinski definition) is 1. The molecule has 1 rings (SSSR count). The number of rotatable bonds is 4. The van der Waals surface area contributed by atoms with Crippen molar-refractivity contribution in [2.75, 3.05) is 6.61 Å². The number of aliphatic hydroxyl groups excluding tert-OH is 1. The van der Waals surface area contributed by atoms with E-state index in [2.05, 4.69) is 0 Å². The van der Waals surface area contributed by atoms with Crippen LogP contribution in [0, 0.1) is 0 Å². The fourth-order valence-electron chi connectivity index (χ4n) is 1.71. The third-order valence-electron chi connectivity index (χ3n) is 2.68. The molecule has 0 bridgehead atoms. The molecule has 0 aliphatic heterocycles. The third kappa shape index (κ3) is 3.23. The van der Waals surface area contributed by atoms with Gasteiger partial charge >= 0.3 is 6.18 Å². The van der Waals surface area contributed by atoms with Crippen LogP contribution in [0.25, 0.3) is 0 Å². The molecule has 1 N–H and O–H groups in total. The van der Waals surface area contributed by atoms with Crippen LogP contribution in [0.15, 0.2) is 24.3 Å². The second-order valence-corrected chi connectivity index (χ2v) is 3.74. The molecule has 0 saturated carbocycles. The van der Waals surface area contributed by atoms with Gasteiger partial charge in [-0.15, -0.1) is 0 Å². The van der Waals surface area contributed by atoms with Gasteiger partial charge in [-0.25, -0.2) is 0 Å². The predicted octanol–water partition coefficient (Wildman–Crippen LogP) is 3.58. The maximum Gasteiger partial charge on any atom is 0.416 e. The first kappa shape index (κ1) is 13.0. The van der Waals surface area contributed by atoms with Crippen molar-refractivity contribution in [2.45, 2.75) is 31.9 Å². The summed E-state index contributed by atoms with van der Waals surface area (Å²) in [6, 6.07) is 5.17. The number of benzene rings is 1. The first-order chi connectivity index (χ1) is 7.49. The smallest absolute Gasteiger partial charge is 0.396 e. The van der Waals surface area contributed by atoms with Crippen LogP contribution in [0.2, 0.25) is 0 Å². The summed E-state index contributed by atoms with van der Waals surface area (Å²) in [5, 5.41) is 8.83. The molecule has 0 fully saturated rings. The molecule has 0 radical (unpaired) electrons. The molecule has 1 atom stereocenters. The van der Waals surface area contributed by atoms with Crippen molar-refractivity contribution in [1.82, 2.24) is 0 Å². The maximum absolute atomic E-state index is 12.3. The lowest BCUT2D eigenvalue weighted by atomic mass is 9.93. The molecule has 0 spiro atoms. The summed E-state index contributed by atoms with van der Waals surface area (Å²) < 4.78 is 36.9. The minimum absolute atomic E-state index is 0.0551. The first-order valence-corrected chi connectivity index (χ1v) is 5.27. The van der Waals surface area contributed by atoms with Crippen LogP contribution in [0.5, 0.6) is 0 Å². The summed E-state index contributed by atoms with van der Waals surface area (Å²) >= 11 is 0. The SMILES string of the molecule is CCC(CCO)c1ccc(C(F)(F)F)cc1. The standard InChI is InChI=1S/C12H15F3O/c1-2-9(7-8-16)10-3-5-11(6-4-10)12(13,14)15/h3-6,9,16H,2,7-8H2,1H3. The first-order valence-electron chi connectivity index (χ1n) is 5.27. The Labute approximate surface area is 92.9 Å². The van der Waals surface area contributed by atoms with E-state index in [9.17, 15) is 13.2 Å². The number of hydrogen-bond acceptors (Lipinski definition) is 1. The van der Waals surface area contributed by atoms with Gasteiger partial charge in [-0.1, -0.05) is 19.1 Å². The average molecular weight is 232 g/mol. The Balaban J connectivity index is 2.85. The lowest BCUT2D eigenvalue weighted by molar-refractivity contribution is -0.137. The highest BCUT2D eigenvalue weighted by molar-refractivity contribution is 5.27. The summed E-state index contributed by atoms with van der Waals surface area (Å²) in [5.41, 5.74) is 0.222. The van der Waals surface area contributed by atoms with Gasteiger partial charge in [0.1, 0.15) is 0 Å². The van der Waals surface area contributed by atoms with E-state index in [4.69, 9.17) is 5.11 Å². The van der Waals surface area contributed by atoms with E-state index in [0.717, 1.165) is 24.1 Å². The highest BCUT2D eigenvalue weighted by Gasteiger charge is 2.30. The molecule has 1 aromatic carbocycles. The minimum atomic E-state index is -4.28. The van der Waals surface area contributed by atoms with Crippen molar-refractivity contribution in [2.24, 2.45) is 0 Å². The van der Waals surface area contributed by atoms with Gasteiger partial charge in [0, 0.05) is 6.61 Å². The molecule has 1 nitrogen and oxygen atoms in total. The molecule has 0 aliphatic carbocycles. The highest BCUT2D eigenvalue weighted by Crippen LogP contribution is 2.31. The summed E-state index contributed by atoms with van der Waals surface area (Å²) in [5.74, 6) is 0.132. The fourth-order valence-corrected chi connectivity index (χ4v) is 1.71. The van der Waals surface area contributed by atoms with Gasteiger partial charge in [0.25, 0.3) is 0 Å². The second-order valence-electron chi connectivity index (χ2n) is 3.74. The van der Waals surface area contributed by atoms with E-state index in [0.29, 0.717) is 6.42 Å². The fraction of sp³-hybridized carbons (Fsp3) is 0.500. The molecule has 16 heavy (non-hydrogen) atoms. The molecule has 0 saturated heterocycles. The normalized spacial score (nSPS) is 13.8. The van der Waals surface area contributed by atoms with E-state index < -0.39 is 11.7 Å². The van der Waals surface area contributed by atoms with E-state index in [1.807, 2.05) is 6.92 Å². The summed E-state index contributed by atoms with van der Waals surface area (Å²) in [7, 11) is 0. The van der Waals surface area contributed by atoms with Gasteiger partial charge in [-0.3, -0.25) is 0 Å². The molecule has 0 heterocycles. The van der Waals surface area contributed by atoms with Crippen LogP contribution in [-0.4, -0.2) is 11.7 Å². The largest absolute Gasteiger partial charge is 0.416 e. The maximum atomic E-state index is 12.3. The van der Waals surface area contributed by atoms with Crippen LogP contribution >= 0.6 is 0 Å². The van der Waals surface area contributed by atoms with Crippen LogP contribution in [-0.2, 0) is 6.18 Å². The molecule has 0 amide bonds. The zero-order valence-electron chi connectivity index (χ0n) is 9.09. The number of alkyl halides is 3. The molecular formula is C12H15F3O. The van der Waals surface area contributed by atoms with Gasteiger partial charge in [0.2, 0.25) is 0 Å². The minimum Gasteiger partial charge on any atom is -0.396 e. The molecule has 1 unspecified atom stereocenters. The van der Waals surface area contributed by atoms with E-state index in [1.54, 1.807) is 0 Å². The molecule has 90 valence electrons. The Bertz CT molecular complexity index is 316. The summed E-state index contributed by atoms with van der Waals surface area (Å²) in [4.78, 5) is 0. The Morgan fingerprint density at radius 1 is 1.19 bits per heavy atom. The average Bonchev–Trinajstić information content (AvgIpc) is 2.25. The Kier molecular flexibility index (Phi) is 4.35. The van der Waals surface area contributed by atoms with Gasteiger partial charge in [0.05, 0.1) is 5.56 Å². The molecule has 0 aliphatic rings. The van der Waals surface area contributed by atoms with Crippen molar-refractivity contribution in [3.63, 3.8) is 0 Å². The third-order valence-corrected chi connectivity index (χ3v) is 2.68. The van der Waals surface area contributed by atoms with Crippen LogP contribution in [0.4, 0.5) is 13.2 Å². The van der Waals surface area contributed by atoms with Crippen molar-refractivity contribution < 1.29 is 18.3 Å². The van der Waals surface area contributed by atoms with E-state index in [1.165, 1.54) is 12.1 Å². The van der Waals surface area contributed by atoms with E-state index in [-0.39, 0.29) is 12.5 Å². The van der Waals surface area contributed by atoms with E-state index >= 15 is 0 Å². The monoisotopic (exact) mass is 232 g/mol. The zero-order chi connectivity index (χ0) is 12.2. The summed E-state index contributed by atoms with van der Waals surface area (Å²) in [6.45, 7) is 2.01. The van der Waals surface area contributed by atoms with Gasteiger partial charge in [0.15, 0.2) is 0 Å². The van der Waals surface area contributed by atoms with Crippen molar-refractivity contribution in [1.29, 1.82) is 0 Å². The Morgan fingerprint density at radius 3 is 2.12 bits per heavy atom. The van der Waals surface area contributed by atoms with Crippen LogP contribution in [0.3, 0.4) is 0 Å². The number of halogens is 3. The topological polar surface area (TPSA) is 20.2 Å². The summed E-state index contributed by atoms with van der Waals surface area (Å²) in [6.07, 6.45) is -2.88. The predicted molar refractivity (Wildman–Crippen MR) is 56.2 cm³/mol. The zero-order valence-corrected chi connectivity index (χ0v) is 9.09. The molecule has 4 heteroatoms. The lowest BCUT2D eigenvalue weighted by Crippen LogP contribution is -2.06. The van der Waals surface area contributed by atoms with Crippen LogP contribution in [0.1, 0.15) is 36.8 Å². The quantitative estimate of drug-likeness (QED) is 0.841. The Hall–Kier alpha value is -1.03. The lowest BCUT2D eigenvalue weighted by Gasteiger charge is -2.15.